The first kappa shape index (κ1) is 14.7. The number of nitrogens with one attached hydrogen (secondary N) is 1. The summed E-state index contributed by atoms with van der Waals surface area (Å²) in [4.78, 5) is 22.6. The largest absolute Gasteiger partial charge is 0.368 e. The highest BCUT2D eigenvalue weighted by atomic mass is 19.1. The van der Waals surface area contributed by atoms with Gasteiger partial charge in [0, 0.05) is 12.1 Å². The van der Waals surface area contributed by atoms with Gasteiger partial charge in [-0.05, 0) is 6.42 Å². The fraction of sp³-hybridized carbons (Fsp3) is 0.167. The third-order valence-electron chi connectivity index (χ3n) is 2.29. The molecular weight excluding hydrogens is 261 g/mol. The molecule has 19 heavy (non-hydrogen) atoms. The molecule has 0 saturated heterocycles. The lowest BCUT2D eigenvalue weighted by Crippen LogP contribution is -2.44. The van der Waals surface area contributed by atoms with Crippen molar-refractivity contribution < 1.29 is 22.8 Å². The van der Waals surface area contributed by atoms with Crippen LogP contribution in [-0.2, 0) is 4.79 Å². The molecule has 1 rings (SSSR count). The van der Waals surface area contributed by atoms with Crippen molar-refractivity contribution >= 4 is 11.8 Å². The Morgan fingerprint density at radius 3 is 2.26 bits per heavy atom. The van der Waals surface area contributed by atoms with Crippen LogP contribution in [0.3, 0.4) is 0 Å². The van der Waals surface area contributed by atoms with Gasteiger partial charge in [-0.2, -0.15) is 0 Å². The summed E-state index contributed by atoms with van der Waals surface area (Å²) in [7, 11) is 0. The number of hydrogen-bond acceptors (Lipinski definition) is 2. The summed E-state index contributed by atoms with van der Waals surface area (Å²) in [5.74, 6) is -5.95. The predicted octanol–water partition coefficient (Wildman–Crippen LogP) is 1.26. The summed E-state index contributed by atoms with van der Waals surface area (Å²) in [5.41, 5.74) is 4.03. The van der Waals surface area contributed by atoms with Crippen LogP contribution in [0.1, 0.15) is 16.8 Å². The van der Waals surface area contributed by atoms with E-state index >= 15 is 0 Å². The zero-order chi connectivity index (χ0) is 14.6. The van der Waals surface area contributed by atoms with E-state index in [1.54, 1.807) is 0 Å². The van der Waals surface area contributed by atoms with Crippen LogP contribution in [0.25, 0.3) is 0 Å². The molecule has 0 saturated carbocycles. The molecule has 0 bridgehead atoms. The maximum atomic E-state index is 13.3. The summed E-state index contributed by atoms with van der Waals surface area (Å²) in [6.45, 7) is 3.35. The van der Waals surface area contributed by atoms with E-state index in [9.17, 15) is 22.8 Å². The molecule has 0 unspecified atom stereocenters. The maximum Gasteiger partial charge on any atom is 0.257 e. The summed E-state index contributed by atoms with van der Waals surface area (Å²) in [5, 5.41) is 2.05. The van der Waals surface area contributed by atoms with E-state index < -0.39 is 40.9 Å². The van der Waals surface area contributed by atoms with Gasteiger partial charge in [0.2, 0.25) is 5.91 Å². The molecule has 1 aromatic rings. The molecule has 7 heteroatoms. The van der Waals surface area contributed by atoms with Gasteiger partial charge in [0.15, 0.2) is 0 Å². The summed E-state index contributed by atoms with van der Waals surface area (Å²) in [6, 6.07) is -0.413. The van der Waals surface area contributed by atoms with Crippen LogP contribution in [-0.4, -0.2) is 17.9 Å². The van der Waals surface area contributed by atoms with Gasteiger partial charge in [-0.3, -0.25) is 9.59 Å². The molecule has 0 spiro atoms. The number of carbonyl (C=O) groups excluding carboxylic acids is 2. The van der Waals surface area contributed by atoms with E-state index in [1.807, 2.05) is 5.32 Å². The van der Waals surface area contributed by atoms with Gasteiger partial charge in [-0.25, -0.2) is 13.2 Å². The minimum atomic E-state index is -1.36. The second-order valence-electron chi connectivity index (χ2n) is 3.70. The van der Waals surface area contributed by atoms with Crippen molar-refractivity contribution in [3.8, 4) is 0 Å². The highest BCUT2D eigenvalue weighted by Gasteiger charge is 2.23. The summed E-state index contributed by atoms with van der Waals surface area (Å²) in [6.07, 6.45) is 1.32. The van der Waals surface area contributed by atoms with Gasteiger partial charge in [0.1, 0.15) is 29.1 Å². The van der Waals surface area contributed by atoms with E-state index in [0.717, 1.165) is 0 Å². The SMILES string of the molecule is C=CC[C@@H](NC(=O)c1c(F)cc(F)cc1F)C(N)=O. The Bertz CT molecular complexity index is 509. The number of amides is 2. The molecule has 102 valence electrons. The first-order valence-electron chi connectivity index (χ1n) is 5.22. The second-order valence-corrected chi connectivity index (χ2v) is 3.70. The standard InChI is InChI=1S/C12H11F3N2O2/c1-2-3-9(11(16)18)17-12(19)10-7(14)4-6(13)5-8(10)15/h2,4-5,9H,1,3H2,(H2,16,18)(H,17,19)/t9-/m1/s1. The van der Waals surface area contributed by atoms with Gasteiger partial charge in [0.25, 0.3) is 5.91 Å². The molecule has 1 atom stereocenters. The lowest BCUT2D eigenvalue weighted by Gasteiger charge is -2.14. The molecule has 0 heterocycles. The van der Waals surface area contributed by atoms with Gasteiger partial charge in [-0.15, -0.1) is 6.58 Å². The first-order chi connectivity index (χ1) is 8.86. The average Bonchev–Trinajstić information content (AvgIpc) is 2.26. The van der Waals surface area contributed by atoms with Gasteiger partial charge >= 0.3 is 0 Å². The van der Waals surface area contributed by atoms with Crippen LogP contribution < -0.4 is 11.1 Å². The third-order valence-corrected chi connectivity index (χ3v) is 2.29. The summed E-state index contributed by atoms with van der Waals surface area (Å²) >= 11 is 0. The average molecular weight is 272 g/mol. The Labute approximate surface area is 107 Å². The molecule has 4 nitrogen and oxygen atoms in total. The Hall–Kier alpha value is -2.31. The Balaban J connectivity index is 3.01. The van der Waals surface area contributed by atoms with Crippen LogP contribution in [0.2, 0.25) is 0 Å². The monoisotopic (exact) mass is 272 g/mol. The molecule has 3 N–H and O–H groups in total. The van der Waals surface area contributed by atoms with E-state index in [-0.39, 0.29) is 6.42 Å². The van der Waals surface area contributed by atoms with Gasteiger partial charge in [0.05, 0.1) is 0 Å². The van der Waals surface area contributed by atoms with Crippen molar-refractivity contribution in [2.24, 2.45) is 5.73 Å². The lowest BCUT2D eigenvalue weighted by molar-refractivity contribution is -0.119. The first-order valence-corrected chi connectivity index (χ1v) is 5.22. The van der Waals surface area contributed by atoms with Crippen LogP contribution in [0.4, 0.5) is 13.2 Å². The topological polar surface area (TPSA) is 72.2 Å². The maximum absolute atomic E-state index is 13.3. The Morgan fingerprint density at radius 2 is 1.84 bits per heavy atom. The van der Waals surface area contributed by atoms with Gasteiger partial charge < -0.3 is 11.1 Å². The quantitative estimate of drug-likeness (QED) is 0.792. The fourth-order valence-corrected chi connectivity index (χ4v) is 1.40. The zero-order valence-corrected chi connectivity index (χ0v) is 9.75. The van der Waals surface area contributed by atoms with Gasteiger partial charge in [-0.1, -0.05) is 6.08 Å². The van der Waals surface area contributed by atoms with Crippen LogP contribution in [0.5, 0.6) is 0 Å². The molecule has 1 aromatic carbocycles. The molecular formula is C12H11F3N2O2. The zero-order valence-electron chi connectivity index (χ0n) is 9.75. The highest BCUT2D eigenvalue weighted by Crippen LogP contribution is 2.15. The highest BCUT2D eigenvalue weighted by molar-refractivity contribution is 5.97. The van der Waals surface area contributed by atoms with E-state index in [4.69, 9.17) is 5.73 Å². The number of rotatable bonds is 5. The predicted molar refractivity (Wildman–Crippen MR) is 61.6 cm³/mol. The van der Waals surface area contributed by atoms with Crippen molar-refractivity contribution in [2.75, 3.05) is 0 Å². The molecule has 0 aliphatic rings. The number of halogens is 3. The van der Waals surface area contributed by atoms with Crippen molar-refractivity contribution in [2.45, 2.75) is 12.5 Å². The Morgan fingerprint density at radius 1 is 1.32 bits per heavy atom. The van der Waals surface area contributed by atoms with Crippen LogP contribution in [0, 0.1) is 17.5 Å². The van der Waals surface area contributed by atoms with E-state index in [2.05, 4.69) is 6.58 Å². The van der Waals surface area contributed by atoms with Crippen molar-refractivity contribution in [1.29, 1.82) is 0 Å². The summed E-state index contributed by atoms with van der Waals surface area (Å²) < 4.78 is 39.3. The van der Waals surface area contributed by atoms with Crippen LogP contribution >= 0.6 is 0 Å². The van der Waals surface area contributed by atoms with Crippen molar-refractivity contribution in [3.05, 3.63) is 47.8 Å². The number of carbonyl (C=O) groups is 2. The normalized spacial score (nSPS) is 11.7. The van der Waals surface area contributed by atoms with Crippen molar-refractivity contribution in [1.82, 2.24) is 5.32 Å². The van der Waals surface area contributed by atoms with Crippen LogP contribution in [0.15, 0.2) is 24.8 Å². The molecule has 0 radical (unpaired) electrons. The molecule has 0 aromatic heterocycles. The third kappa shape index (κ3) is 3.57. The Kier molecular flexibility index (Phi) is 4.68. The number of nitrogens with two attached hydrogens (primary N) is 1. The molecule has 0 fully saturated rings. The number of hydrogen-bond donors (Lipinski definition) is 2. The van der Waals surface area contributed by atoms with E-state index in [0.29, 0.717) is 12.1 Å². The minimum absolute atomic E-state index is 0.00546. The molecule has 0 aliphatic heterocycles. The number of primary amides is 1. The molecule has 0 aliphatic carbocycles. The van der Waals surface area contributed by atoms with Crippen molar-refractivity contribution in [3.63, 3.8) is 0 Å². The van der Waals surface area contributed by atoms with E-state index in [1.165, 1.54) is 6.08 Å². The molecule has 2 amide bonds. The number of benzene rings is 1. The minimum Gasteiger partial charge on any atom is -0.368 e. The lowest BCUT2D eigenvalue weighted by atomic mass is 10.1. The smallest absolute Gasteiger partial charge is 0.257 e. The fourth-order valence-electron chi connectivity index (χ4n) is 1.40. The second kappa shape index (κ2) is 6.03.